The number of hydrogen-bond acceptors (Lipinski definition) is 7. The second kappa shape index (κ2) is 10.1. The molecule has 1 aromatic heterocycles. The first-order valence-corrected chi connectivity index (χ1v) is 10.5. The third kappa shape index (κ3) is 7.01. The van der Waals surface area contributed by atoms with Crippen LogP contribution in [0.5, 0.6) is 0 Å². The molecule has 16 heteroatoms. The van der Waals surface area contributed by atoms with Crippen molar-refractivity contribution in [3.63, 3.8) is 0 Å². The number of alkyl halides is 6. The highest BCUT2D eigenvalue weighted by Gasteiger charge is 2.33. The van der Waals surface area contributed by atoms with Gasteiger partial charge in [-0.3, -0.25) is 4.79 Å². The number of hydrogen-bond donors (Lipinski definition) is 3. The number of carbonyl (C=O) groups excluding carboxylic acids is 1. The molecular formula is C18H16F7N3O5S. The molecule has 0 aliphatic rings. The molecule has 1 amide bonds. The van der Waals surface area contributed by atoms with E-state index < -0.39 is 86.5 Å². The van der Waals surface area contributed by atoms with Gasteiger partial charge in [0.15, 0.2) is 5.69 Å². The predicted molar refractivity (Wildman–Crippen MR) is 101 cm³/mol. The first-order chi connectivity index (χ1) is 15.5. The van der Waals surface area contributed by atoms with E-state index in [1.165, 1.54) is 0 Å². The molecule has 8 nitrogen and oxygen atoms in total. The number of halogens is 7. The van der Waals surface area contributed by atoms with Crippen molar-refractivity contribution in [3.8, 4) is 0 Å². The van der Waals surface area contributed by atoms with Gasteiger partial charge in [-0.1, -0.05) is 0 Å². The topological polar surface area (TPSA) is 132 Å². The summed E-state index contributed by atoms with van der Waals surface area (Å²) in [7, 11) is -4.71. The van der Waals surface area contributed by atoms with Crippen molar-refractivity contribution in [2.45, 2.75) is 28.2 Å². The number of carbonyl (C=O) groups is 1. The summed E-state index contributed by atoms with van der Waals surface area (Å²) in [5.41, 5.74) is 3.15. The van der Waals surface area contributed by atoms with Crippen LogP contribution in [-0.4, -0.2) is 56.5 Å². The Hall–Kier alpha value is -2.98. The third-order valence-electron chi connectivity index (χ3n) is 4.04. The molecule has 4 N–H and O–H groups in total. The minimum atomic E-state index is -4.90. The molecule has 0 radical (unpaired) electrons. The van der Waals surface area contributed by atoms with Gasteiger partial charge in [0.1, 0.15) is 17.3 Å². The highest BCUT2D eigenvalue weighted by Crippen LogP contribution is 2.32. The van der Waals surface area contributed by atoms with Crippen LogP contribution >= 0.6 is 0 Å². The van der Waals surface area contributed by atoms with Gasteiger partial charge < -0.3 is 20.9 Å². The first kappa shape index (κ1) is 27.3. The fourth-order valence-electron chi connectivity index (χ4n) is 2.48. The summed E-state index contributed by atoms with van der Waals surface area (Å²) < 4.78 is 117. The van der Waals surface area contributed by atoms with Gasteiger partial charge in [0.25, 0.3) is 5.91 Å². The second-order valence-corrected chi connectivity index (χ2v) is 8.67. The normalized spacial score (nSPS) is 13.5. The summed E-state index contributed by atoms with van der Waals surface area (Å²) in [4.78, 5) is 13.9. The summed E-state index contributed by atoms with van der Waals surface area (Å²) in [6, 6.07) is 1.53. The van der Waals surface area contributed by atoms with Crippen LogP contribution in [-0.2, 0) is 20.8 Å². The van der Waals surface area contributed by atoms with Crippen LogP contribution in [0.4, 0.5) is 36.4 Å². The number of rotatable bonds is 8. The van der Waals surface area contributed by atoms with E-state index in [9.17, 15) is 49.1 Å². The van der Waals surface area contributed by atoms with Gasteiger partial charge in [0.05, 0.1) is 28.9 Å². The quantitative estimate of drug-likeness (QED) is 0.456. The molecule has 1 unspecified atom stereocenters. The maximum atomic E-state index is 14.1. The summed E-state index contributed by atoms with van der Waals surface area (Å²) in [6.07, 6.45) is -10.4. The van der Waals surface area contributed by atoms with Crippen LogP contribution in [0.25, 0.3) is 0 Å². The van der Waals surface area contributed by atoms with E-state index in [2.05, 4.69) is 15.0 Å². The lowest BCUT2D eigenvalue weighted by atomic mass is 10.2. The number of nitrogens with one attached hydrogen (secondary N) is 1. The van der Waals surface area contributed by atoms with Crippen LogP contribution in [0.1, 0.15) is 16.1 Å². The predicted octanol–water partition coefficient (Wildman–Crippen LogP) is 2.32. The van der Waals surface area contributed by atoms with Crippen LogP contribution in [0, 0.1) is 5.82 Å². The smallest absolute Gasteiger partial charge is 0.397 e. The zero-order valence-corrected chi connectivity index (χ0v) is 17.6. The molecule has 1 aromatic carbocycles. The monoisotopic (exact) mass is 519 g/mol. The molecule has 0 aliphatic carbocycles. The Morgan fingerprint density at radius 1 is 1.18 bits per heavy atom. The maximum absolute atomic E-state index is 14.1. The zero-order chi connectivity index (χ0) is 25.9. The summed E-state index contributed by atoms with van der Waals surface area (Å²) in [6.45, 7) is -2.92. The number of ether oxygens (including phenoxy) is 1. The number of nitrogen functional groups attached to an aromatic ring is 1. The van der Waals surface area contributed by atoms with Gasteiger partial charge in [-0.05, 0) is 24.3 Å². The Labute approximate surface area is 187 Å². The highest BCUT2D eigenvalue weighted by molar-refractivity contribution is 7.91. The molecule has 0 fully saturated rings. The number of amides is 1. The summed E-state index contributed by atoms with van der Waals surface area (Å²) in [5, 5.41) is 11.6. The largest absolute Gasteiger partial charge is 0.416 e. The fourth-order valence-corrected chi connectivity index (χ4v) is 3.77. The number of sulfone groups is 1. The lowest BCUT2D eigenvalue weighted by Gasteiger charge is -2.14. The summed E-state index contributed by atoms with van der Waals surface area (Å²) in [5.74, 6) is -2.70. The van der Waals surface area contributed by atoms with Gasteiger partial charge in [-0.2, -0.15) is 26.3 Å². The van der Waals surface area contributed by atoms with Crippen LogP contribution in [0.3, 0.4) is 0 Å². The van der Waals surface area contributed by atoms with E-state index in [1.54, 1.807) is 0 Å². The van der Waals surface area contributed by atoms with Crippen LogP contribution in [0.2, 0.25) is 0 Å². The Kier molecular flexibility index (Phi) is 8.10. The summed E-state index contributed by atoms with van der Waals surface area (Å²) >= 11 is 0. The van der Waals surface area contributed by atoms with Gasteiger partial charge in [0.2, 0.25) is 9.84 Å². The molecule has 0 aliphatic heterocycles. The van der Waals surface area contributed by atoms with Gasteiger partial charge in [-0.25, -0.2) is 17.8 Å². The number of nitrogens with two attached hydrogens (primary N) is 1. The molecule has 34 heavy (non-hydrogen) atoms. The van der Waals surface area contributed by atoms with E-state index in [0.29, 0.717) is 18.3 Å². The number of aliphatic hydroxyl groups excluding tert-OH is 1. The van der Waals surface area contributed by atoms with Gasteiger partial charge in [0, 0.05) is 12.7 Å². The van der Waals surface area contributed by atoms with Gasteiger partial charge in [-0.15, -0.1) is 0 Å². The second-order valence-electron chi connectivity index (χ2n) is 6.75. The van der Waals surface area contributed by atoms with Crippen molar-refractivity contribution < 1.29 is 53.8 Å². The molecule has 0 spiro atoms. The number of aromatic nitrogens is 1. The maximum Gasteiger partial charge on any atom is 0.416 e. The molecule has 0 bridgehead atoms. The van der Waals surface area contributed by atoms with Crippen molar-refractivity contribution in [3.05, 3.63) is 47.5 Å². The van der Waals surface area contributed by atoms with E-state index in [0.717, 1.165) is 6.07 Å². The third-order valence-corrected chi connectivity index (χ3v) is 5.79. The van der Waals surface area contributed by atoms with E-state index in [-0.39, 0.29) is 6.07 Å². The lowest BCUT2D eigenvalue weighted by Crippen LogP contribution is -2.36. The van der Waals surface area contributed by atoms with Crippen molar-refractivity contribution in [2.24, 2.45) is 0 Å². The fraction of sp³-hybridized carbons (Fsp3) is 0.333. The SMILES string of the molecule is Nc1cc(S(=O)(=O)c2ccc(C(F)(F)F)cc2F)cnc1C(=O)NCC(O)COCC(F)(F)F. The molecule has 0 saturated carbocycles. The van der Waals surface area contributed by atoms with E-state index in [1.807, 2.05) is 0 Å². The van der Waals surface area contributed by atoms with Crippen molar-refractivity contribution >= 4 is 21.4 Å². The van der Waals surface area contributed by atoms with Crippen LogP contribution < -0.4 is 11.1 Å². The Morgan fingerprint density at radius 3 is 2.35 bits per heavy atom. The molecule has 1 heterocycles. The number of pyridine rings is 1. The zero-order valence-electron chi connectivity index (χ0n) is 16.7. The number of aliphatic hydroxyl groups is 1. The Morgan fingerprint density at radius 2 is 1.82 bits per heavy atom. The Bertz CT molecular complexity index is 1150. The minimum absolute atomic E-state index is 0.00915. The average Bonchev–Trinajstić information content (AvgIpc) is 2.70. The standard InChI is InChI=1S/C18H16F7N3O5S/c19-12-3-9(18(23,24)25)1-2-14(12)34(31,32)11-4-13(26)15(27-6-11)16(30)28-5-10(29)7-33-8-17(20,21)22/h1-4,6,10,29H,5,7-8,26H2,(H,28,30). The molecular weight excluding hydrogens is 503 g/mol. The Balaban J connectivity index is 2.13. The lowest BCUT2D eigenvalue weighted by molar-refractivity contribution is -0.178. The molecule has 1 atom stereocenters. The van der Waals surface area contributed by atoms with Crippen molar-refractivity contribution in [1.29, 1.82) is 0 Å². The minimum Gasteiger partial charge on any atom is -0.397 e. The number of nitrogens with zero attached hydrogens (tertiary/aromatic N) is 1. The van der Waals surface area contributed by atoms with E-state index >= 15 is 0 Å². The molecule has 2 aromatic rings. The van der Waals surface area contributed by atoms with Crippen molar-refractivity contribution in [1.82, 2.24) is 10.3 Å². The van der Waals surface area contributed by atoms with Crippen LogP contribution in [0.15, 0.2) is 40.3 Å². The van der Waals surface area contributed by atoms with Crippen molar-refractivity contribution in [2.75, 3.05) is 25.5 Å². The molecule has 0 saturated heterocycles. The number of anilines is 1. The number of benzene rings is 1. The molecule has 188 valence electrons. The van der Waals surface area contributed by atoms with Gasteiger partial charge >= 0.3 is 12.4 Å². The van der Waals surface area contributed by atoms with E-state index in [4.69, 9.17) is 5.73 Å². The average molecular weight is 519 g/mol. The first-order valence-electron chi connectivity index (χ1n) is 9.00. The molecule has 2 rings (SSSR count). The highest BCUT2D eigenvalue weighted by atomic mass is 32.2.